The van der Waals surface area contributed by atoms with Gasteiger partial charge in [0.25, 0.3) is 0 Å². The summed E-state index contributed by atoms with van der Waals surface area (Å²) in [4.78, 5) is 11.2. The highest BCUT2D eigenvalue weighted by Gasteiger charge is 2.27. The number of ether oxygens (including phenoxy) is 1. The van der Waals surface area contributed by atoms with E-state index in [1.807, 2.05) is 0 Å². The van der Waals surface area contributed by atoms with Gasteiger partial charge in [0.1, 0.15) is 5.67 Å². The summed E-state index contributed by atoms with van der Waals surface area (Å²) >= 11 is 0. The second-order valence-electron chi connectivity index (χ2n) is 3.61. The Hall–Kier alpha value is -0.640. The van der Waals surface area contributed by atoms with Crippen LogP contribution in [0.1, 0.15) is 27.2 Å². The lowest BCUT2D eigenvalue weighted by atomic mass is 9.95. The number of carbonyl (C=O) groups excluding carboxylic acids is 1. The van der Waals surface area contributed by atoms with E-state index in [0.29, 0.717) is 6.61 Å². The molecule has 0 aliphatic carbocycles. The number of esters is 1. The molecule has 0 radical (unpaired) electrons. The average Bonchev–Trinajstić information content (AvgIpc) is 1.99. The molecule has 0 rings (SSSR count). The first-order valence-electron chi connectivity index (χ1n) is 4.46. The van der Waals surface area contributed by atoms with Crippen LogP contribution in [0.5, 0.6) is 0 Å². The summed E-state index contributed by atoms with van der Waals surface area (Å²) in [6.45, 7) is 5.00. The highest BCUT2D eigenvalue weighted by atomic mass is 19.1. The van der Waals surface area contributed by atoms with Crippen LogP contribution in [-0.2, 0) is 9.53 Å². The molecule has 2 N–H and O–H groups in total. The number of rotatable bonds is 5. The number of hydrogen-bond donors (Lipinski definition) is 1. The summed E-state index contributed by atoms with van der Waals surface area (Å²) < 4.78 is 17.9. The maximum Gasteiger partial charge on any atom is 0.310 e. The molecule has 0 aromatic heterocycles. The van der Waals surface area contributed by atoms with Crippen molar-refractivity contribution in [1.82, 2.24) is 0 Å². The number of halogens is 1. The molecular weight excluding hydrogens is 173 g/mol. The highest BCUT2D eigenvalue weighted by molar-refractivity contribution is 5.72. The van der Waals surface area contributed by atoms with Crippen LogP contribution in [-0.4, -0.2) is 24.8 Å². The van der Waals surface area contributed by atoms with Crippen molar-refractivity contribution in [2.24, 2.45) is 11.7 Å². The predicted molar refractivity (Wildman–Crippen MR) is 49.0 cm³/mol. The Kier molecular flexibility index (Phi) is 4.91. The Morgan fingerprint density at radius 1 is 1.62 bits per heavy atom. The number of carbonyl (C=O) groups is 1. The molecule has 1 unspecified atom stereocenters. The third-order valence-electron chi connectivity index (χ3n) is 1.64. The minimum atomic E-state index is -1.38. The fraction of sp³-hybridized carbons (Fsp3) is 0.889. The number of alkyl halides is 1. The smallest absolute Gasteiger partial charge is 0.310 e. The maximum atomic E-state index is 13.2. The van der Waals surface area contributed by atoms with Gasteiger partial charge in [0, 0.05) is 6.54 Å². The summed E-state index contributed by atoms with van der Waals surface area (Å²) in [5.74, 6) is -0.935. The van der Waals surface area contributed by atoms with Crippen LogP contribution in [0, 0.1) is 5.92 Å². The van der Waals surface area contributed by atoms with Crippen LogP contribution < -0.4 is 5.73 Å². The molecule has 1 atom stereocenters. The minimum absolute atomic E-state index is 0.113. The molecule has 0 saturated carbocycles. The molecule has 0 saturated heterocycles. The zero-order chi connectivity index (χ0) is 10.5. The standard InChI is InChI=1S/C9H18FNO2/c1-4-13-8(12)7(6-11)5-9(2,3)10/h7H,4-6,11H2,1-3H3. The number of hydrogen-bond acceptors (Lipinski definition) is 3. The molecule has 78 valence electrons. The molecule has 4 heteroatoms. The van der Waals surface area contributed by atoms with E-state index in [1.165, 1.54) is 13.8 Å². The van der Waals surface area contributed by atoms with Crippen LogP contribution in [0.3, 0.4) is 0 Å². The first-order chi connectivity index (χ1) is 5.90. The van der Waals surface area contributed by atoms with Crippen LogP contribution in [0.4, 0.5) is 4.39 Å². The largest absolute Gasteiger partial charge is 0.466 e. The third-order valence-corrected chi connectivity index (χ3v) is 1.64. The van der Waals surface area contributed by atoms with Gasteiger partial charge >= 0.3 is 5.97 Å². The van der Waals surface area contributed by atoms with Crippen molar-refractivity contribution >= 4 is 5.97 Å². The van der Waals surface area contributed by atoms with E-state index in [-0.39, 0.29) is 13.0 Å². The Labute approximate surface area is 78.4 Å². The van der Waals surface area contributed by atoms with Crippen LogP contribution >= 0.6 is 0 Å². The fourth-order valence-electron chi connectivity index (χ4n) is 1.11. The van der Waals surface area contributed by atoms with E-state index in [1.54, 1.807) is 6.92 Å². The molecular formula is C9H18FNO2. The highest BCUT2D eigenvalue weighted by Crippen LogP contribution is 2.20. The number of nitrogens with two attached hydrogens (primary N) is 1. The molecule has 0 aliphatic heterocycles. The molecule has 0 aromatic carbocycles. The van der Waals surface area contributed by atoms with E-state index >= 15 is 0 Å². The molecule has 13 heavy (non-hydrogen) atoms. The molecule has 0 spiro atoms. The van der Waals surface area contributed by atoms with Crippen molar-refractivity contribution in [2.75, 3.05) is 13.2 Å². The monoisotopic (exact) mass is 191 g/mol. The Bertz CT molecular complexity index is 165. The lowest BCUT2D eigenvalue weighted by Gasteiger charge is -2.20. The molecule has 0 fully saturated rings. The average molecular weight is 191 g/mol. The van der Waals surface area contributed by atoms with Gasteiger partial charge in [-0.1, -0.05) is 0 Å². The van der Waals surface area contributed by atoms with Crippen molar-refractivity contribution in [1.29, 1.82) is 0 Å². The van der Waals surface area contributed by atoms with Crippen LogP contribution in [0.2, 0.25) is 0 Å². The molecule has 3 nitrogen and oxygen atoms in total. The second kappa shape index (κ2) is 5.17. The predicted octanol–water partition coefficient (Wildman–Crippen LogP) is 1.26. The van der Waals surface area contributed by atoms with Gasteiger partial charge < -0.3 is 10.5 Å². The Morgan fingerprint density at radius 2 is 2.15 bits per heavy atom. The van der Waals surface area contributed by atoms with Crippen LogP contribution in [0.25, 0.3) is 0 Å². The Morgan fingerprint density at radius 3 is 2.46 bits per heavy atom. The molecule has 0 aromatic rings. The molecule has 0 amide bonds. The van der Waals surface area contributed by atoms with E-state index in [2.05, 4.69) is 0 Å². The van der Waals surface area contributed by atoms with E-state index < -0.39 is 17.6 Å². The summed E-state index contributed by atoms with van der Waals surface area (Å²) in [7, 11) is 0. The van der Waals surface area contributed by atoms with Gasteiger partial charge in [-0.25, -0.2) is 4.39 Å². The van der Waals surface area contributed by atoms with Crippen molar-refractivity contribution in [3.05, 3.63) is 0 Å². The van der Waals surface area contributed by atoms with Gasteiger partial charge in [-0.05, 0) is 27.2 Å². The van der Waals surface area contributed by atoms with Crippen molar-refractivity contribution in [3.63, 3.8) is 0 Å². The van der Waals surface area contributed by atoms with Gasteiger partial charge in [0.2, 0.25) is 0 Å². The molecule has 0 bridgehead atoms. The summed E-state index contributed by atoms with van der Waals surface area (Å²) in [5.41, 5.74) is 3.97. The van der Waals surface area contributed by atoms with Gasteiger partial charge in [0.05, 0.1) is 12.5 Å². The lowest BCUT2D eigenvalue weighted by Crippen LogP contribution is -2.31. The minimum Gasteiger partial charge on any atom is -0.466 e. The van der Waals surface area contributed by atoms with Gasteiger partial charge in [-0.2, -0.15) is 0 Å². The second-order valence-corrected chi connectivity index (χ2v) is 3.61. The van der Waals surface area contributed by atoms with Gasteiger partial charge in [0.15, 0.2) is 0 Å². The Balaban J connectivity index is 4.10. The van der Waals surface area contributed by atoms with Crippen molar-refractivity contribution in [3.8, 4) is 0 Å². The lowest BCUT2D eigenvalue weighted by molar-refractivity contribution is -0.148. The first-order valence-corrected chi connectivity index (χ1v) is 4.46. The van der Waals surface area contributed by atoms with Crippen molar-refractivity contribution < 1.29 is 13.9 Å². The van der Waals surface area contributed by atoms with Crippen molar-refractivity contribution in [2.45, 2.75) is 32.9 Å². The summed E-state index contributed by atoms with van der Waals surface area (Å²) in [6.07, 6.45) is 0.113. The fourth-order valence-corrected chi connectivity index (χ4v) is 1.11. The van der Waals surface area contributed by atoms with Gasteiger partial charge in [-0.3, -0.25) is 4.79 Å². The first kappa shape index (κ1) is 12.4. The molecule has 0 heterocycles. The quantitative estimate of drug-likeness (QED) is 0.666. The molecule has 0 aliphatic rings. The normalized spacial score (nSPS) is 13.9. The SMILES string of the molecule is CCOC(=O)C(CN)CC(C)(C)F. The van der Waals surface area contributed by atoms with E-state index in [9.17, 15) is 9.18 Å². The van der Waals surface area contributed by atoms with E-state index in [0.717, 1.165) is 0 Å². The van der Waals surface area contributed by atoms with E-state index in [4.69, 9.17) is 10.5 Å². The zero-order valence-electron chi connectivity index (χ0n) is 8.47. The summed E-state index contributed by atoms with van der Waals surface area (Å²) in [5, 5.41) is 0. The topological polar surface area (TPSA) is 52.3 Å². The third kappa shape index (κ3) is 5.58. The van der Waals surface area contributed by atoms with Gasteiger partial charge in [-0.15, -0.1) is 0 Å². The maximum absolute atomic E-state index is 13.2. The zero-order valence-corrected chi connectivity index (χ0v) is 8.47. The summed E-state index contributed by atoms with van der Waals surface area (Å²) in [6, 6.07) is 0. The van der Waals surface area contributed by atoms with Crippen LogP contribution in [0.15, 0.2) is 0 Å².